The van der Waals surface area contributed by atoms with Crippen molar-refractivity contribution in [3.05, 3.63) is 40.1 Å². The van der Waals surface area contributed by atoms with Gasteiger partial charge in [-0.3, -0.25) is 9.48 Å². The van der Waals surface area contributed by atoms with E-state index in [9.17, 15) is 4.79 Å². The lowest BCUT2D eigenvalue weighted by molar-refractivity contribution is -0.116. The number of amides is 1. The topological polar surface area (TPSA) is 56.1 Å². The van der Waals surface area contributed by atoms with Crippen LogP contribution in [0.15, 0.2) is 28.9 Å². The summed E-state index contributed by atoms with van der Waals surface area (Å²) in [6, 6.07) is 5.69. The van der Waals surface area contributed by atoms with E-state index in [1.165, 1.54) is 0 Å². The fourth-order valence-corrected chi connectivity index (χ4v) is 2.29. The Labute approximate surface area is 132 Å². The van der Waals surface area contributed by atoms with E-state index in [4.69, 9.17) is 4.74 Å². The predicted octanol–water partition coefficient (Wildman–Crippen LogP) is 3.30. The van der Waals surface area contributed by atoms with E-state index in [1.54, 1.807) is 18.0 Å². The molecule has 1 heterocycles. The van der Waals surface area contributed by atoms with Gasteiger partial charge >= 0.3 is 0 Å². The number of carbonyl (C=O) groups excluding carboxylic acids is 1. The highest BCUT2D eigenvalue weighted by atomic mass is 79.9. The molecule has 0 spiro atoms. The van der Waals surface area contributed by atoms with Crippen LogP contribution in [0, 0.1) is 13.8 Å². The van der Waals surface area contributed by atoms with Crippen molar-refractivity contribution in [1.29, 1.82) is 0 Å². The normalized spacial score (nSPS) is 10.5. The van der Waals surface area contributed by atoms with Crippen LogP contribution >= 0.6 is 15.9 Å². The fraction of sp³-hybridized carbons (Fsp3) is 0.333. The number of anilines is 1. The van der Waals surface area contributed by atoms with Gasteiger partial charge in [0.25, 0.3) is 0 Å². The number of nitrogens with zero attached hydrogens (tertiary/aromatic N) is 2. The number of rotatable bonds is 5. The molecule has 0 bridgehead atoms. The van der Waals surface area contributed by atoms with Crippen LogP contribution in [0.4, 0.5) is 5.69 Å². The van der Waals surface area contributed by atoms with Crippen molar-refractivity contribution in [1.82, 2.24) is 9.78 Å². The van der Waals surface area contributed by atoms with Gasteiger partial charge in [-0.15, -0.1) is 0 Å². The SMILES string of the molecule is COc1ccc(C)cc1NC(=O)CCn1ncc(Br)c1C. The second kappa shape index (κ2) is 6.76. The summed E-state index contributed by atoms with van der Waals surface area (Å²) < 4.78 is 8.00. The zero-order valence-electron chi connectivity index (χ0n) is 12.3. The number of methoxy groups -OCH3 is 1. The third-order valence-electron chi connectivity index (χ3n) is 3.22. The van der Waals surface area contributed by atoms with Gasteiger partial charge in [-0.25, -0.2) is 0 Å². The molecule has 1 aromatic carbocycles. The molecule has 0 aliphatic heterocycles. The zero-order valence-corrected chi connectivity index (χ0v) is 13.9. The minimum atomic E-state index is -0.0649. The molecule has 1 N–H and O–H groups in total. The van der Waals surface area contributed by atoms with Crippen LogP contribution in [0.2, 0.25) is 0 Å². The Morgan fingerprint density at radius 3 is 2.81 bits per heavy atom. The molecule has 0 unspecified atom stereocenters. The average Bonchev–Trinajstić information content (AvgIpc) is 2.77. The van der Waals surface area contributed by atoms with Crippen molar-refractivity contribution in [2.24, 2.45) is 0 Å². The van der Waals surface area contributed by atoms with Gasteiger partial charge in [-0.05, 0) is 47.5 Å². The van der Waals surface area contributed by atoms with Crippen LogP contribution in [-0.4, -0.2) is 22.8 Å². The molecule has 2 aromatic rings. The molecule has 5 nitrogen and oxygen atoms in total. The van der Waals surface area contributed by atoms with Crippen molar-refractivity contribution in [2.75, 3.05) is 12.4 Å². The molecule has 21 heavy (non-hydrogen) atoms. The van der Waals surface area contributed by atoms with E-state index >= 15 is 0 Å². The van der Waals surface area contributed by atoms with E-state index in [-0.39, 0.29) is 5.91 Å². The van der Waals surface area contributed by atoms with E-state index in [2.05, 4.69) is 26.3 Å². The molecular formula is C15H18BrN3O2. The number of hydrogen-bond acceptors (Lipinski definition) is 3. The van der Waals surface area contributed by atoms with E-state index in [0.29, 0.717) is 24.4 Å². The molecule has 6 heteroatoms. The maximum Gasteiger partial charge on any atom is 0.226 e. The maximum absolute atomic E-state index is 12.1. The van der Waals surface area contributed by atoms with Gasteiger partial charge in [0.05, 0.1) is 30.0 Å². The van der Waals surface area contributed by atoms with Crippen LogP contribution in [0.5, 0.6) is 5.75 Å². The zero-order chi connectivity index (χ0) is 15.4. The summed E-state index contributed by atoms with van der Waals surface area (Å²) in [5.74, 6) is 0.594. The Hall–Kier alpha value is -1.82. The van der Waals surface area contributed by atoms with Crippen LogP contribution in [-0.2, 0) is 11.3 Å². The van der Waals surface area contributed by atoms with Crippen LogP contribution in [0.3, 0.4) is 0 Å². The van der Waals surface area contributed by atoms with Crippen molar-refractivity contribution < 1.29 is 9.53 Å². The van der Waals surface area contributed by atoms with Crippen LogP contribution in [0.25, 0.3) is 0 Å². The molecule has 1 amide bonds. The number of hydrogen-bond donors (Lipinski definition) is 1. The first kappa shape index (κ1) is 15.6. The van der Waals surface area contributed by atoms with Gasteiger partial charge in [-0.1, -0.05) is 6.07 Å². The highest BCUT2D eigenvalue weighted by molar-refractivity contribution is 9.10. The Kier molecular flexibility index (Phi) is 5.01. The van der Waals surface area contributed by atoms with E-state index < -0.39 is 0 Å². The minimum absolute atomic E-state index is 0.0649. The Morgan fingerprint density at radius 1 is 1.43 bits per heavy atom. The summed E-state index contributed by atoms with van der Waals surface area (Å²) in [4.78, 5) is 12.1. The molecule has 0 atom stereocenters. The lowest BCUT2D eigenvalue weighted by atomic mass is 10.2. The third kappa shape index (κ3) is 3.85. The van der Waals surface area contributed by atoms with Gasteiger partial charge in [-0.2, -0.15) is 5.10 Å². The van der Waals surface area contributed by atoms with Gasteiger partial charge < -0.3 is 10.1 Å². The Balaban J connectivity index is 1.99. The summed E-state index contributed by atoms with van der Waals surface area (Å²) >= 11 is 3.40. The molecule has 112 valence electrons. The third-order valence-corrected chi connectivity index (χ3v) is 4.00. The molecule has 0 fully saturated rings. The van der Waals surface area contributed by atoms with E-state index in [0.717, 1.165) is 15.7 Å². The highest BCUT2D eigenvalue weighted by Gasteiger charge is 2.10. The molecule has 0 saturated carbocycles. The first-order chi connectivity index (χ1) is 10.0. The van der Waals surface area contributed by atoms with Gasteiger partial charge in [0.2, 0.25) is 5.91 Å². The molecule has 0 saturated heterocycles. The number of carbonyl (C=O) groups is 1. The summed E-state index contributed by atoms with van der Waals surface area (Å²) in [7, 11) is 1.59. The number of benzene rings is 1. The second-order valence-corrected chi connectivity index (χ2v) is 5.66. The second-order valence-electron chi connectivity index (χ2n) is 4.80. The number of nitrogens with one attached hydrogen (secondary N) is 1. The van der Waals surface area contributed by atoms with Crippen LogP contribution in [0.1, 0.15) is 17.7 Å². The van der Waals surface area contributed by atoms with Gasteiger partial charge in [0.1, 0.15) is 5.75 Å². The van der Waals surface area contributed by atoms with Crippen molar-refractivity contribution in [3.63, 3.8) is 0 Å². The largest absolute Gasteiger partial charge is 0.495 e. The summed E-state index contributed by atoms with van der Waals surface area (Å²) in [5, 5.41) is 7.09. The lowest BCUT2D eigenvalue weighted by Gasteiger charge is -2.11. The van der Waals surface area contributed by atoms with Gasteiger partial charge in [0, 0.05) is 12.1 Å². The lowest BCUT2D eigenvalue weighted by Crippen LogP contribution is -2.16. The minimum Gasteiger partial charge on any atom is -0.495 e. The molecule has 2 rings (SSSR count). The maximum atomic E-state index is 12.1. The van der Waals surface area contributed by atoms with Crippen molar-refractivity contribution >= 4 is 27.5 Å². The van der Waals surface area contributed by atoms with Crippen molar-refractivity contribution in [2.45, 2.75) is 26.8 Å². The first-order valence-electron chi connectivity index (χ1n) is 6.63. The standard InChI is InChI=1S/C15H18BrN3O2/c1-10-4-5-14(21-3)13(8-10)18-15(20)6-7-19-11(2)12(16)9-17-19/h4-5,8-9H,6-7H2,1-3H3,(H,18,20). The quantitative estimate of drug-likeness (QED) is 0.898. The molecular weight excluding hydrogens is 334 g/mol. The Bertz CT molecular complexity index is 652. The molecule has 0 aliphatic rings. The van der Waals surface area contributed by atoms with Gasteiger partial charge in [0.15, 0.2) is 0 Å². The summed E-state index contributed by atoms with van der Waals surface area (Å²) in [5.41, 5.74) is 2.77. The molecule has 0 aliphatic carbocycles. The fourth-order valence-electron chi connectivity index (χ4n) is 1.99. The number of aromatic nitrogens is 2. The molecule has 1 aromatic heterocycles. The number of ether oxygens (including phenoxy) is 1. The Morgan fingerprint density at radius 2 is 2.19 bits per heavy atom. The monoisotopic (exact) mass is 351 g/mol. The summed E-state index contributed by atoms with van der Waals surface area (Å²) in [6.45, 7) is 4.47. The smallest absolute Gasteiger partial charge is 0.226 e. The predicted molar refractivity (Wildman–Crippen MR) is 85.6 cm³/mol. The van der Waals surface area contributed by atoms with Crippen LogP contribution < -0.4 is 10.1 Å². The molecule has 0 radical (unpaired) electrons. The van der Waals surface area contributed by atoms with E-state index in [1.807, 2.05) is 32.0 Å². The highest BCUT2D eigenvalue weighted by Crippen LogP contribution is 2.25. The first-order valence-corrected chi connectivity index (χ1v) is 7.43. The average molecular weight is 352 g/mol. The number of aryl methyl sites for hydroxylation is 2. The van der Waals surface area contributed by atoms with Crippen molar-refractivity contribution in [3.8, 4) is 5.75 Å². The number of halogens is 1. The summed E-state index contributed by atoms with van der Waals surface area (Å²) in [6.07, 6.45) is 2.09.